The standard InChI is InChI=1S/C12H21N3O2S/c1-5-15-10(6-8(2)14-15)12(17)13-9(3)11(7-16)18-4/h6,9,11,16H,5,7H2,1-4H3,(H,13,17). The summed E-state index contributed by atoms with van der Waals surface area (Å²) in [4.78, 5) is 12.1. The Bertz CT molecular complexity index is 402. The van der Waals surface area contributed by atoms with E-state index in [0.29, 0.717) is 12.2 Å². The van der Waals surface area contributed by atoms with Crippen LogP contribution in [0, 0.1) is 6.92 Å². The highest BCUT2D eigenvalue weighted by molar-refractivity contribution is 7.99. The molecule has 0 saturated heterocycles. The van der Waals surface area contributed by atoms with Crippen molar-refractivity contribution in [3.05, 3.63) is 17.5 Å². The van der Waals surface area contributed by atoms with Gasteiger partial charge < -0.3 is 10.4 Å². The van der Waals surface area contributed by atoms with E-state index in [9.17, 15) is 9.90 Å². The second-order valence-corrected chi connectivity index (χ2v) is 5.28. The Kier molecular flexibility index (Phi) is 5.68. The molecule has 0 radical (unpaired) electrons. The van der Waals surface area contributed by atoms with Crippen molar-refractivity contribution in [3.8, 4) is 0 Å². The van der Waals surface area contributed by atoms with E-state index in [1.807, 2.05) is 27.0 Å². The minimum absolute atomic E-state index is 0.00745. The number of aliphatic hydroxyl groups is 1. The Morgan fingerprint density at radius 2 is 2.33 bits per heavy atom. The Morgan fingerprint density at radius 1 is 1.67 bits per heavy atom. The number of aromatic nitrogens is 2. The van der Waals surface area contributed by atoms with E-state index in [1.54, 1.807) is 22.5 Å². The summed E-state index contributed by atoms with van der Waals surface area (Å²) >= 11 is 1.54. The van der Waals surface area contributed by atoms with Crippen molar-refractivity contribution < 1.29 is 9.90 Å². The van der Waals surface area contributed by atoms with Gasteiger partial charge in [-0.3, -0.25) is 9.48 Å². The van der Waals surface area contributed by atoms with Crippen molar-refractivity contribution in [1.82, 2.24) is 15.1 Å². The summed E-state index contributed by atoms with van der Waals surface area (Å²) in [5.74, 6) is -0.141. The van der Waals surface area contributed by atoms with E-state index < -0.39 is 0 Å². The predicted molar refractivity (Wildman–Crippen MR) is 74.0 cm³/mol. The maximum absolute atomic E-state index is 12.1. The second-order valence-electron chi connectivity index (χ2n) is 4.21. The molecule has 0 aromatic carbocycles. The number of hydrogen-bond donors (Lipinski definition) is 2. The minimum Gasteiger partial charge on any atom is -0.395 e. The molecule has 6 heteroatoms. The lowest BCUT2D eigenvalue weighted by Crippen LogP contribution is -2.41. The molecule has 0 aliphatic heterocycles. The van der Waals surface area contributed by atoms with Gasteiger partial charge >= 0.3 is 0 Å². The van der Waals surface area contributed by atoms with E-state index in [2.05, 4.69) is 10.4 Å². The fourth-order valence-electron chi connectivity index (χ4n) is 1.78. The molecule has 1 rings (SSSR count). The molecule has 1 heterocycles. The van der Waals surface area contributed by atoms with Crippen LogP contribution in [0.3, 0.4) is 0 Å². The Labute approximate surface area is 112 Å². The molecule has 1 aromatic rings. The second kappa shape index (κ2) is 6.80. The van der Waals surface area contributed by atoms with Crippen LogP contribution in [-0.4, -0.2) is 44.9 Å². The fourth-order valence-corrected chi connectivity index (χ4v) is 2.41. The smallest absolute Gasteiger partial charge is 0.269 e. The van der Waals surface area contributed by atoms with Crippen LogP contribution < -0.4 is 5.32 Å². The fraction of sp³-hybridized carbons (Fsp3) is 0.667. The molecular formula is C12H21N3O2S. The first-order valence-corrected chi connectivity index (χ1v) is 7.31. The maximum atomic E-state index is 12.1. The summed E-state index contributed by atoms with van der Waals surface area (Å²) in [7, 11) is 0. The van der Waals surface area contributed by atoms with Crippen LogP contribution in [0.15, 0.2) is 6.07 Å². The molecule has 0 spiro atoms. The summed E-state index contributed by atoms with van der Waals surface area (Å²) < 4.78 is 1.68. The van der Waals surface area contributed by atoms with Crippen molar-refractivity contribution in [1.29, 1.82) is 0 Å². The number of thioether (sulfide) groups is 1. The first-order valence-electron chi connectivity index (χ1n) is 6.02. The summed E-state index contributed by atoms with van der Waals surface area (Å²) in [5.41, 5.74) is 1.40. The average molecular weight is 271 g/mol. The molecule has 2 atom stereocenters. The Hall–Kier alpha value is -1.01. The van der Waals surface area contributed by atoms with Gasteiger partial charge in [-0.05, 0) is 33.1 Å². The quantitative estimate of drug-likeness (QED) is 0.811. The van der Waals surface area contributed by atoms with Crippen LogP contribution in [0.1, 0.15) is 30.0 Å². The highest BCUT2D eigenvalue weighted by Gasteiger charge is 2.20. The van der Waals surface area contributed by atoms with Crippen LogP contribution in [0.5, 0.6) is 0 Å². The van der Waals surface area contributed by atoms with Crippen LogP contribution in [0.25, 0.3) is 0 Å². The summed E-state index contributed by atoms with van der Waals surface area (Å²) in [6.07, 6.45) is 1.92. The van der Waals surface area contributed by atoms with Gasteiger partial charge in [0, 0.05) is 17.8 Å². The van der Waals surface area contributed by atoms with Gasteiger partial charge in [-0.2, -0.15) is 16.9 Å². The zero-order valence-corrected chi connectivity index (χ0v) is 12.1. The molecule has 18 heavy (non-hydrogen) atoms. The lowest BCUT2D eigenvalue weighted by molar-refractivity contribution is 0.0925. The number of hydrogen-bond acceptors (Lipinski definition) is 4. The number of nitrogens with one attached hydrogen (secondary N) is 1. The molecule has 0 aliphatic rings. The molecule has 1 amide bonds. The Balaban J connectivity index is 2.75. The number of rotatable bonds is 6. The molecule has 0 saturated carbocycles. The zero-order valence-electron chi connectivity index (χ0n) is 11.3. The first-order chi connectivity index (χ1) is 8.53. The summed E-state index contributed by atoms with van der Waals surface area (Å²) in [6.45, 7) is 6.43. The number of carbonyl (C=O) groups excluding carboxylic acids is 1. The predicted octanol–water partition coefficient (Wildman–Crippen LogP) is 1.05. The maximum Gasteiger partial charge on any atom is 0.269 e. The van der Waals surface area contributed by atoms with Crippen LogP contribution in [0.4, 0.5) is 0 Å². The van der Waals surface area contributed by atoms with Crippen LogP contribution in [0.2, 0.25) is 0 Å². The topological polar surface area (TPSA) is 67.2 Å². The van der Waals surface area contributed by atoms with Gasteiger partial charge in [-0.25, -0.2) is 0 Å². The third-order valence-electron chi connectivity index (χ3n) is 2.83. The van der Waals surface area contributed by atoms with Gasteiger partial charge in [0.2, 0.25) is 0 Å². The highest BCUT2D eigenvalue weighted by atomic mass is 32.2. The van der Waals surface area contributed by atoms with Crippen molar-refractivity contribution in [2.45, 2.75) is 38.6 Å². The van der Waals surface area contributed by atoms with E-state index in [4.69, 9.17) is 0 Å². The summed E-state index contributed by atoms with van der Waals surface area (Å²) in [6, 6.07) is 1.69. The third kappa shape index (κ3) is 3.49. The molecule has 102 valence electrons. The van der Waals surface area contributed by atoms with E-state index in [-0.39, 0.29) is 23.8 Å². The normalized spacial score (nSPS) is 14.3. The van der Waals surface area contributed by atoms with Gasteiger partial charge in [0.05, 0.1) is 12.3 Å². The number of amides is 1. The first kappa shape index (κ1) is 15.0. The number of aryl methyl sites for hydroxylation is 2. The molecule has 0 bridgehead atoms. The van der Waals surface area contributed by atoms with E-state index in [0.717, 1.165) is 5.69 Å². The van der Waals surface area contributed by atoms with Gasteiger partial charge in [0.1, 0.15) is 5.69 Å². The van der Waals surface area contributed by atoms with Crippen molar-refractivity contribution in [2.24, 2.45) is 0 Å². The van der Waals surface area contributed by atoms with Crippen molar-refractivity contribution in [2.75, 3.05) is 12.9 Å². The lowest BCUT2D eigenvalue weighted by Gasteiger charge is -2.21. The monoisotopic (exact) mass is 271 g/mol. The zero-order chi connectivity index (χ0) is 13.7. The molecule has 2 unspecified atom stereocenters. The van der Waals surface area contributed by atoms with E-state index >= 15 is 0 Å². The minimum atomic E-state index is -0.141. The van der Waals surface area contributed by atoms with Gasteiger partial charge in [0.15, 0.2) is 0 Å². The van der Waals surface area contributed by atoms with Crippen LogP contribution in [-0.2, 0) is 6.54 Å². The number of carbonyl (C=O) groups is 1. The Morgan fingerprint density at radius 3 is 2.83 bits per heavy atom. The molecule has 0 aliphatic carbocycles. The molecule has 2 N–H and O–H groups in total. The highest BCUT2D eigenvalue weighted by Crippen LogP contribution is 2.11. The van der Waals surface area contributed by atoms with E-state index in [1.165, 1.54) is 0 Å². The largest absolute Gasteiger partial charge is 0.395 e. The molecule has 0 fully saturated rings. The molecule has 5 nitrogen and oxygen atoms in total. The van der Waals surface area contributed by atoms with Crippen molar-refractivity contribution in [3.63, 3.8) is 0 Å². The van der Waals surface area contributed by atoms with Crippen LogP contribution >= 0.6 is 11.8 Å². The SMILES string of the molecule is CCn1nc(C)cc1C(=O)NC(C)C(CO)SC. The van der Waals surface area contributed by atoms with Gasteiger partial charge in [-0.15, -0.1) is 0 Å². The molecular weight excluding hydrogens is 250 g/mol. The number of nitrogens with zero attached hydrogens (tertiary/aromatic N) is 2. The van der Waals surface area contributed by atoms with Crippen molar-refractivity contribution >= 4 is 17.7 Å². The van der Waals surface area contributed by atoms with Gasteiger partial charge in [0.25, 0.3) is 5.91 Å². The number of aliphatic hydroxyl groups excluding tert-OH is 1. The average Bonchev–Trinajstić information content (AvgIpc) is 2.72. The third-order valence-corrected chi connectivity index (χ3v) is 4.00. The summed E-state index contributed by atoms with van der Waals surface area (Å²) in [5, 5.41) is 16.4. The lowest BCUT2D eigenvalue weighted by atomic mass is 10.2. The van der Waals surface area contributed by atoms with Gasteiger partial charge in [-0.1, -0.05) is 0 Å². The molecule has 1 aromatic heterocycles.